The molecule has 3 atom stereocenters. The summed E-state index contributed by atoms with van der Waals surface area (Å²) in [6.07, 6.45) is 3.58. The molecular weight excluding hydrogens is 370 g/mol. The highest BCUT2D eigenvalue weighted by Gasteiger charge is 2.20. The second kappa shape index (κ2) is 9.89. The first-order chi connectivity index (χ1) is 14.0. The molecular formula is C23H25NO5. The van der Waals surface area contributed by atoms with Gasteiger partial charge in [-0.3, -0.25) is 9.59 Å². The topological polar surface area (TPSA) is 73.9 Å². The summed E-state index contributed by atoms with van der Waals surface area (Å²) in [6.45, 7) is 3.47. The zero-order valence-corrected chi connectivity index (χ0v) is 16.5. The Morgan fingerprint density at radius 3 is 2.55 bits per heavy atom. The highest BCUT2D eigenvalue weighted by molar-refractivity contribution is 5.94. The van der Waals surface area contributed by atoms with Gasteiger partial charge in [-0.25, -0.2) is 0 Å². The Morgan fingerprint density at radius 1 is 1.14 bits per heavy atom. The monoisotopic (exact) mass is 395 g/mol. The van der Waals surface area contributed by atoms with Gasteiger partial charge in [0, 0.05) is 18.9 Å². The van der Waals surface area contributed by atoms with Gasteiger partial charge < -0.3 is 19.5 Å². The first kappa shape index (κ1) is 20.6. The fraction of sp³-hybridized carbons (Fsp3) is 0.304. The Balaban J connectivity index is 1.52. The highest BCUT2D eigenvalue weighted by atomic mass is 16.7. The van der Waals surface area contributed by atoms with Gasteiger partial charge >= 0.3 is 5.97 Å². The lowest BCUT2D eigenvalue weighted by molar-refractivity contribution is -0.154. The second-order valence-corrected chi connectivity index (χ2v) is 6.82. The van der Waals surface area contributed by atoms with Crippen LogP contribution in [0.5, 0.6) is 5.75 Å². The van der Waals surface area contributed by atoms with E-state index in [1.54, 1.807) is 24.3 Å². The molecule has 0 spiro atoms. The second-order valence-electron chi connectivity index (χ2n) is 6.82. The molecule has 1 N–H and O–H groups in total. The number of amides is 1. The van der Waals surface area contributed by atoms with Crippen LogP contribution < -0.4 is 10.1 Å². The molecule has 1 aliphatic heterocycles. The normalized spacial score (nSPS) is 19.2. The Bertz CT molecular complexity index is 847. The van der Waals surface area contributed by atoms with E-state index in [9.17, 15) is 9.59 Å². The summed E-state index contributed by atoms with van der Waals surface area (Å²) in [5.41, 5.74) is 1.60. The standard InChI is InChI=1S/C23H25NO5/c1-16(18-7-4-3-5-8-18)24-23(26)19-11-13-20(14-12-19)28-22-10-6-9-21(29-22)15-27-17(2)25/h3-9,11-14,16,21-22H,10,15H2,1-2H3,(H,24,26)/t16-,21?,22?/m1/s1. The number of hydrogen-bond donors (Lipinski definition) is 1. The van der Waals surface area contributed by atoms with Crippen LogP contribution in [0.4, 0.5) is 0 Å². The molecule has 2 aromatic carbocycles. The summed E-state index contributed by atoms with van der Waals surface area (Å²) in [7, 11) is 0. The molecule has 0 saturated heterocycles. The van der Waals surface area contributed by atoms with Crippen molar-refractivity contribution in [2.45, 2.75) is 38.7 Å². The third kappa shape index (κ3) is 6.19. The van der Waals surface area contributed by atoms with Gasteiger partial charge in [0.25, 0.3) is 5.91 Å². The first-order valence-electron chi connectivity index (χ1n) is 9.59. The smallest absolute Gasteiger partial charge is 0.302 e. The minimum Gasteiger partial charge on any atom is -0.465 e. The number of carbonyl (C=O) groups is 2. The molecule has 3 rings (SSSR count). The van der Waals surface area contributed by atoms with Gasteiger partial charge in [0.1, 0.15) is 18.5 Å². The average molecular weight is 395 g/mol. The molecule has 1 aliphatic rings. The van der Waals surface area contributed by atoms with Crippen LogP contribution in [-0.4, -0.2) is 30.9 Å². The molecule has 0 bridgehead atoms. The predicted octanol–water partition coefficient (Wildman–Crippen LogP) is 3.79. The lowest BCUT2D eigenvalue weighted by Gasteiger charge is -2.26. The third-order valence-electron chi connectivity index (χ3n) is 4.49. The van der Waals surface area contributed by atoms with E-state index >= 15 is 0 Å². The number of ether oxygens (including phenoxy) is 3. The van der Waals surface area contributed by atoms with Crippen molar-refractivity contribution in [3.63, 3.8) is 0 Å². The summed E-state index contributed by atoms with van der Waals surface area (Å²) in [5, 5.41) is 2.99. The van der Waals surface area contributed by atoms with Crippen molar-refractivity contribution >= 4 is 11.9 Å². The Labute approximate surface area is 170 Å². The van der Waals surface area contributed by atoms with Gasteiger partial charge in [-0.2, -0.15) is 0 Å². The van der Waals surface area contributed by atoms with Crippen LogP contribution >= 0.6 is 0 Å². The van der Waals surface area contributed by atoms with Gasteiger partial charge in [-0.1, -0.05) is 42.5 Å². The molecule has 6 heteroatoms. The van der Waals surface area contributed by atoms with E-state index in [1.165, 1.54) is 6.92 Å². The molecule has 0 aliphatic carbocycles. The quantitative estimate of drug-likeness (QED) is 0.570. The van der Waals surface area contributed by atoms with Gasteiger partial charge in [-0.15, -0.1) is 0 Å². The maximum Gasteiger partial charge on any atom is 0.302 e. The fourth-order valence-electron chi connectivity index (χ4n) is 2.95. The number of esters is 1. The minimum absolute atomic E-state index is 0.0868. The summed E-state index contributed by atoms with van der Waals surface area (Å²) < 4.78 is 16.6. The van der Waals surface area contributed by atoms with Crippen molar-refractivity contribution < 1.29 is 23.8 Å². The van der Waals surface area contributed by atoms with Crippen LogP contribution in [0, 0.1) is 0 Å². The van der Waals surface area contributed by atoms with Crippen molar-refractivity contribution in [3.8, 4) is 5.75 Å². The predicted molar refractivity (Wildman–Crippen MR) is 108 cm³/mol. The van der Waals surface area contributed by atoms with Gasteiger partial charge in [0.15, 0.2) is 0 Å². The number of nitrogens with one attached hydrogen (secondary N) is 1. The van der Waals surface area contributed by atoms with Gasteiger partial charge in [-0.05, 0) is 36.8 Å². The molecule has 1 amide bonds. The maximum absolute atomic E-state index is 12.5. The summed E-state index contributed by atoms with van der Waals surface area (Å²) in [4.78, 5) is 23.4. The van der Waals surface area contributed by atoms with Crippen LogP contribution in [0.3, 0.4) is 0 Å². The van der Waals surface area contributed by atoms with Crippen molar-refractivity contribution in [2.24, 2.45) is 0 Å². The lowest BCUT2D eigenvalue weighted by atomic mass is 10.1. The summed E-state index contributed by atoms with van der Waals surface area (Å²) in [5.74, 6) is 0.107. The molecule has 0 saturated carbocycles. The number of rotatable bonds is 7. The van der Waals surface area contributed by atoms with Gasteiger partial charge in [0.05, 0.1) is 6.04 Å². The van der Waals surface area contributed by atoms with E-state index in [1.807, 2.05) is 49.4 Å². The number of benzene rings is 2. The van der Waals surface area contributed by atoms with Crippen LogP contribution in [0.25, 0.3) is 0 Å². The molecule has 152 valence electrons. The number of hydrogen-bond acceptors (Lipinski definition) is 5. The third-order valence-corrected chi connectivity index (χ3v) is 4.49. The van der Waals surface area contributed by atoms with Crippen molar-refractivity contribution in [2.75, 3.05) is 6.61 Å². The molecule has 29 heavy (non-hydrogen) atoms. The molecule has 6 nitrogen and oxygen atoms in total. The van der Waals surface area contributed by atoms with E-state index in [4.69, 9.17) is 14.2 Å². The van der Waals surface area contributed by atoms with E-state index in [0.29, 0.717) is 17.7 Å². The van der Waals surface area contributed by atoms with Crippen molar-refractivity contribution in [3.05, 3.63) is 77.9 Å². The lowest BCUT2D eigenvalue weighted by Crippen LogP contribution is -2.32. The minimum atomic E-state index is -0.474. The highest BCUT2D eigenvalue weighted by Crippen LogP contribution is 2.20. The van der Waals surface area contributed by atoms with Crippen LogP contribution in [0.2, 0.25) is 0 Å². The fourth-order valence-corrected chi connectivity index (χ4v) is 2.95. The average Bonchev–Trinajstić information content (AvgIpc) is 2.73. The van der Waals surface area contributed by atoms with Gasteiger partial charge in [0.2, 0.25) is 6.29 Å². The first-order valence-corrected chi connectivity index (χ1v) is 9.59. The molecule has 0 radical (unpaired) electrons. The van der Waals surface area contributed by atoms with E-state index in [-0.39, 0.29) is 30.6 Å². The molecule has 1 heterocycles. The zero-order chi connectivity index (χ0) is 20.6. The molecule has 0 fully saturated rings. The van der Waals surface area contributed by atoms with Crippen molar-refractivity contribution in [1.29, 1.82) is 0 Å². The SMILES string of the molecule is CC(=O)OCC1C=CCC(Oc2ccc(C(=O)N[C@H](C)c3ccccc3)cc2)O1. The molecule has 0 aromatic heterocycles. The Morgan fingerprint density at radius 2 is 1.86 bits per heavy atom. The van der Waals surface area contributed by atoms with E-state index in [0.717, 1.165) is 5.56 Å². The van der Waals surface area contributed by atoms with E-state index in [2.05, 4.69) is 5.32 Å². The van der Waals surface area contributed by atoms with Crippen LogP contribution in [-0.2, 0) is 14.3 Å². The largest absolute Gasteiger partial charge is 0.465 e. The summed E-state index contributed by atoms with van der Waals surface area (Å²) in [6, 6.07) is 16.6. The Kier molecular flexibility index (Phi) is 7.03. The Hall–Kier alpha value is -3.12. The van der Waals surface area contributed by atoms with E-state index < -0.39 is 6.29 Å². The van der Waals surface area contributed by atoms with Crippen LogP contribution in [0.15, 0.2) is 66.7 Å². The van der Waals surface area contributed by atoms with Crippen molar-refractivity contribution in [1.82, 2.24) is 5.32 Å². The zero-order valence-electron chi connectivity index (χ0n) is 16.5. The van der Waals surface area contributed by atoms with Crippen LogP contribution in [0.1, 0.15) is 42.2 Å². The number of carbonyl (C=O) groups excluding carboxylic acids is 2. The maximum atomic E-state index is 12.5. The molecule has 2 unspecified atom stereocenters. The summed E-state index contributed by atoms with van der Waals surface area (Å²) >= 11 is 0. The molecule has 2 aromatic rings.